The van der Waals surface area contributed by atoms with Gasteiger partial charge in [0.05, 0.1) is 43.4 Å². The highest BCUT2D eigenvalue weighted by molar-refractivity contribution is 5.82. The number of rotatable bonds is 14. The average molecular weight is 647 g/mol. The van der Waals surface area contributed by atoms with E-state index in [1.54, 1.807) is 13.1 Å². The Morgan fingerprint density at radius 1 is 1.11 bits per heavy atom. The minimum Gasteiger partial charge on any atom is -0.491 e. The topological polar surface area (TPSA) is 309 Å². The van der Waals surface area contributed by atoms with Crippen molar-refractivity contribution in [2.75, 3.05) is 33.3 Å². The molecule has 0 aromatic rings. The molecule has 2 unspecified atom stereocenters. The second-order valence-corrected chi connectivity index (χ2v) is 12.4. The molecule has 3 rings (SSSR count). The minimum absolute atomic E-state index is 0.00357. The second-order valence-electron chi connectivity index (χ2n) is 12.4. The van der Waals surface area contributed by atoms with Gasteiger partial charge in [0.2, 0.25) is 11.8 Å². The molecule has 45 heavy (non-hydrogen) atoms. The summed E-state index contributed by atoms with van der Waals surface area (Å²) in [4.78, 5) is 25.8. The Bertz CT molecular complexity index is 1010. The standard InChI is InChI=1S/C28H54N8O9/c1-28(42)12-43-27(21(39)24(28)34-2)45-23-17(36-26(41)18(37)7-9-30)10-15(33)19(20(23)38)22-16(6-5-13(11-31)44-22)35-25(40)14(32)4-3-8-29/h5,14-24,27,34,37-39,42H,3-4,6-12,29-33H2,1-2H3,(H,35,40)(H,36,41)/t14?,15-,16+,17+,18-,19+,20-,21+,22?,23-,24+,27+,28-/m0/s1. The van der Waals surface area contributed by atoms with Crippen molar-refractivity contribution in [3.05, 3.63) is 11.8 Å². The van der Waals surface area contributed by atoms with Crippen LogP contribution in [0, 0.1) is 5.92 Å². The minimum atomic E-state index is -1.44. The van der Waals surface area contributed by atoms with Crippen LogP contribution in [0.2, 0.25) is 0 Å². The summed E-state index contributed by atoms with van der Waals surface area (Å²) < 4.78 is 18.1. The fraction of sp³-hybridized carbons (Fsp3) is 0.857. The van der Waals surface area contributed by atoms with E-state index in [1.165, 1.54) is 6.92 Å². The molecule has 17 heteroatoms. The molecule has 1 aliphatic carbocycles. The number of hydrogen-bond donors (Lipinski definition) is 12. The lowest BCUT2D eigenvalue weighted by atomic mass is 9.72. The molecule has 3 aliphatic rings. The maximum Gasteiger partial charge on any atom is 0.249 e. The number of likely N-dealkylation sites (N-methyl/N-ethyl adjacent to an activating group) is 1. The summed E-state index contributed by atoms with van der Waals surface area (Å²) in [6, 6.07) is -4.05. The average Bonchev–Trinajstić information content (AvgIpc) is 2.99. The van der Waals surface area contributed by atoms with Crippen molar-refractivity contribution >= 4 is 11.8 Å². The highest BCUT2D eigenvalue weighted by Crippen LogP contribution is 2.37. The summed E-state index contributed by atoms with van der Waals surface area (Å²) in [5, 5.41) is 52.4. The van der Waals surface area contributed by atoms with Crippen LogP contribution in [0.1, 0.15) is 39.0 Å². The number of aliphatic hydroxyl groups is 4. The van der Waals surface area contributed by atoms with E-state index in [9.17, 15) is 30.0 Å². The summed E-state index contributed by atoms with van der Waals surface area (Å²) in [5.74, 6) is -1.58. The van der Waals surface area contributed by atoms with E-state index >= 15 is 0 Å². The highest BCUT2D eigenvalue weighted by atomic mass is 16.7. The number of nitrogens with two attached hydrogens (primary N) is 5. The van der Waals surface area contributed by atoms with Crippen LogP contribution >= 0.6 is 0 Å². The number of aliphatic hydroxyl groups excluding tert-OH is 3. The molecule has 17 nitrogen and oxygen atoms in total. The molecule has 0 spiro atoms. The van der Waals surface area contributed by atoms with Gasteiger partial charge in [-0.3, -0.25) is 9.59 Å². The first kappa shape index (κ1) is 37.5. The number of carbonyl (C=O) groups is 2. The van der Waals surface area contributed by atoms with Crippen LogP contribution in [0.3, 0.4) is 0 Å². The van der Waals surface area contributed by atoms with Crippen molar-refractivity contribution in [3.8, 4) is 0 Å². The largest absolute Gasteiger partial charge is 0.491 e. The van der Waals surface area contributed by atoms with Gasteiger partial charge in [0.15, 0.2) is 6.29 Å². The summed E-state index contributed by atoms with van der Waals surface area (Å²) in [6.07, 6.45) is -4.59. The van der Waals surface area contributed by atoms with E-state index in [1.807, 2.05) is 0 Å². The third-order valence-electron chi connectivity index (χ3n) is 8.90. The molecule has 0 bridgehead atoms. The summed E-state index contributed by atoms with van der Waals surface area (Å²) in [5.41, 5.74) is 28.2. The van der Waals surface area contributed by atoms with Crippen LogP contribution in [-0.4, -0.2) is 138 Å². The van der Waals surface area contributed by atoms with Gasteiger partial charge in [0.25, 0.3) is 0 Å². The Balaban J connectivity index is 1.92. The van der Waals surface area contributed by atoms with Crippen molar-refractivity contribution in [1.29, 1.82) is 0 Å². The van der Waals surface area contributed by atoms with Gasteiger partial charge >= 0.3 is 0 Å². The molecule has 2 aliphatic heterocycles. The van der Waals surface area contributed by atoms with Gasteiger partial charge in [0, 0.05) is 12.0 Å². The van der Waals surface area contributed by atoms with E-state index in [-0.39, 0.29) is 32.5 Å². The van der Waals surface area contributed by atoms with Crippen LogP contribution in [0.25, 0.3) is 0 Å². The van der Waals surface area contributed by atoms with Gasteiger partial charge in [-0.2, -0.15) is 0 Å². The zero-order chi connectivity index (χ0) is 33.5. The lowest BCUT2D eigenvalue weighted by molar-refractivity contribution is -0.297. The predicted octanol–water partition coefficient (Wildman–Crippen LogP) is -5.49. The van der Waals surface area contributed by atoms with Gasteiger partial charge in [-0.1, -0.05) is 0 Å². The molecule has 0 aromatic carbocycles. The lowest BCUT2D eigenvalue weighted by Crippen LogP contribution is -2.70. The monoisotopic (exact) mass is 646 g/mol. The molecule has 13 atom stereocenters. The fourth-order valence-electron chi connectivity index (χ4n) is 6.41. The first-order valence-electron chi connectivity index (χ1n) is 15.6. The van der Waals surface area contributed by atoms with E-state index in [4.69, 9.17) is 42.9 Å². The Morgan fingerprint density at radius 3 is 2.42 bits per heavy atom. The zero-order valence-electron chi connectivity index (χ0n) is 26.1. The van der Waals surface area contributed by atoms with Crippen molar-refractivity contribution in [3.63, 3.8) is 0 Å². The molecular weight excluding hydrogens is 592 g/mol. The van der Waals surface area contributed by atoms with Crippen molar-refractivity contribution in [2.45, 2.75) is 112 Å². The van der Waals surface area contributed by atoms with E-state index in [0.717, 1.165) is 0 Å². The van der Waals surface area contributed by atoms with Gasteiger partial charge in [-0.05, 0) is 65.2 Å². The third kappa shape index (κ3) is 9.09. The van der Waals surface area contributed by atoms with Gasteiger partial charge in [-0.15, -0.1) is 0 Å². The maximum atomic E-state index is 13.0. The quantitative estimate of drug-likeness (QED) is 0.0837. The smallest absolute Gasteiger partial charge is 0.249 e. The van der Waals surface area contributed by atoms with Crippen molar-refractivity contribution < 1.29 is 44.2 Å². The normalized spacial score (nSPS) is 38.4. The van der Waals surface area contributed by atoms with E-state index in [0.29, 0.717) is 31.6 Å². The van der Waals surface area contributed by atoms with Crippen molar-refractivity contribution in [2.24, 2.45) is 34.6 Å². The van der Waals surface area contributed by atoms with Crippen molar-refractivity contribution in [1.82, 2.24) is 16.0 Å². The first-order valence-corrected chi connectivity index (χ1v) is 15.6. The van der Waals surface area contributed by atoms with Crippen LogP contribution in [0.5, 0.6) is 0 Å². The first-order chi connectivity index (χ1) is 21.3. The summed E-state index contributed by atoms with van der Waals surface area (Å²) in [7, 11) is 1.57. The Labute approximate surface area is 263 Å². The second kappa shape index (κ2) is 16.7. The number of amides is 2. The molecule has 17 N–H and O–H groups in total. The Kier molecular flexibility index (Phi) is 13.9. The van der Waals surface area contributed by atoms with Gasteiger partial charge in [-0.25, -0.2) is 0 Å². The number of carbonyl (C=O) groups excluding carboxylic acids is 2. The van der Waals surface area contributed by atoms with Gasteiger partial charge < -0.3 is 79.3 Å². The van der Waals surface area contributed by atoms with E-state index < -0.39 is 90.4 Å². The molecule has 1 saturated carbocycles. The molecule has 2 fully saturated rings. The number of hydrogen-bond acceptors (Lipinski definition) is 15. The molecule has 2 heterocycles. The Hall–Kier alpha value is -2.00. The number of nitrogens with one attached hydrogen (secondary N) is 3. The molecule has 260 valence electrons. The molecular formula is C28H54N8O9. The SMILES string of the molecule is CN[C@@H]1[C@@H](O)[C@@H](O[C@@H]2[C@@H](O)[C@H](C3OC(CN)=CC[C@H]3NC(=O)C(N)CCCN)[C@@H](N)C[C@H]2NC(=O)[C@@H](O)CCN)OC[C@]1(C)O. The van der Waals surface area contributed by atoms with Crippen LogP contribution in [0.4, 0.5) is 0 Å². The molecule has 0 radical (unpaired) electrons. The fourth-order valence-corrected chi connectivity index (χ4v) is 6.41. The van der Waals surface area contributed by atoms with Crippen LogP contribution in [-0.2, 0) is 23.8 Å². The zero-order valence-corrected chi connectivity index (χ0v) is 26.1. The molecule has 0 aromatic heterocycles. The summed E-state index contributed by atoms with van der Waals surface area (Å²) >= 11 is 0. The third-order valence-corrected chi connectivity index (χ3v) is 8.90. The van der Waals surface area contributed by atoms with Crippen LogP contribution in [0.15, 0.2) is 11.8 Å². The number of ether oxygens (including phenoxy) is 3. The Morgan fingerprint density at radius 2 is 1.80 bits per heavy atom. The predicted molar refractivity (Wildman–Crippen MR) is 163 cm³/mol. The molecule has 2 amide bonds. The summed E-state index contributed by atoms with van der Waals surface area (Å²) in [6.45, 7) is 1.81. The molecule has 1 saturated heterocycles. The highest BCUT2D eigenvalue weighted by Gasteiger charge is 2.54. The van der Waals surface area contributed by atoms with E-state index in [2.05, 4.69) is 16.0 Å². The lowest BCUT2D eigenvalue weighted by Gasteiger charge is -2.51. The van der Waals surface area contributed by atoms with Crippen LogP contribution < -0.4 is 44.6 Å². The van der Waals surface area contributed by atoms with Gasteiger partial charge in [0.1, 0.15) is 35.8 Å². The maximum absolute atomic E-state index is 13.0.